The summed E-state index contributed by atoms with van der Waals surface area (Å²) in [7, 11) is 0. The number of carbonyl (C=O) groups is 1. The number of rotatable bonds is 4. The number of nitrogens with one attached hydrogen (secondary N) is 1. The van der Waals surface area contributed by atoms with E-state index in [1.54, 1.807) is 0 Å². The Bertz CT molecular complexity index is 346. The number of ether oxygens (including phenoxy) is 2. The van der Waals surface area contributed by atoms with Crippen LogP contribution >= 0.6 is 0 Å². The molecular formula is C17H32N2O3. The van der Waals surface area contributed by atoms with Crippen LogP contribution in [0.15, 0.2) is 0 Å². The molecule has 5 heteroatoms. The van der Waals surface area contributed by atoms with E-state index in [9.17, 15) is 4.79 Å². The quantitative estimate of drug-likeness (QED) is 0.867. The third-order valence-electron chi connectivity index (χ3n) is 4.37. The molecule has 0 spiro atoms. The largest absolute Gasteiger partial charge is 0.444 e. The van der Waals surface area contributed by atoms with Crippen LogP contribution in [0.3, 0.4) is 0 Å². The lowest BCUT2D eigenvalue weighted by atomic mass is 10.1. The van der Waals surface area contributed by atoms with Crippen molar-refractivity contribution in [2.24, 2.45) is 0 Å². The van der Waals surface area contributed by atoms with Gasteiger partial charge in [0.25, 0.3) is 0 Å². The van der Waals surface area contributed by atoms with Crippen molar-refractivity contribution in [3.05, 3.63) is 0 Å². The molecule has 2 rings (SSSR count). The van der Waals surface area contributed by atoms with Crippen LogP contribution in [0.2, 0.25) is 0 Å². The molecule has 2 atom stereocenters. The fourth-order valence-electron chi connectivity index (χ4n) is 3.26. The second-order valence-corrected chi connectivity index (χ2v) is 7.45. The summed E-state index contributed by atoms with van der Waals surface area (Å²) >= 11 is 0. The zero-order valence-electron chi connectivity index (χ0n) is 14.4. The van der Waals surface area contributed by atoms with Crippen LogP contribution in [0.5, 0.6) is 0 Å². The molecule has 2 fully saturated rings. The smallest absolute Gasteiger partial charge is 0.410 e. The van der Waals surface area contributed by atoms with Crippen molar-refractivity contribution in [1.29, 1.82) is 0 Å². The lowest BCUT2D eigenvalue weighted by Crippen LogP contribution is -2.41. The van der Waals surface area contributed by atoms with Crippen molar-refractivity contribution in [2.75, 3.05) is 26.3 Å². The van der Waals surface area contributed by atoms with Crippen LogP contribution in [0, 0.1) is 0 Å². The SMILES string of the molecule is CC(C)(C)OC(=O)N1CCCC1CCNC1CCCOCC1. The molecule has 1 amide bonds. The highest BCUT2D eigenvalue weighted by molar-refractivity contribution is 5.68. The molecule has 0 aromatic heterocycles. The predicted molar refractivity (Wildman–Crippen MR) is 87.0 cm³/mol. The number of likely N-dealkylation sites (tertiary alicyclic amines) is 1. The maximum absolute atomic E-state index is 12.2. The molecule has 22 heavy (non-hydrogen) atoms. The molecular weight excluding hydrogens is 280 g/mol. The van der Waals surface area contributed by atoms with E-state index < -0.39 is 5.60 Å². The van der Waals surface area contributed by atoms with Crippen LogP contribution in [0.25, 0.3) is 0 Å². The minimum absolute atomic E-state index is 0.155. The van der Waals surface area contributed by atoms with Gasteiger partial charge in [-0.1, -0.05) is 0 Å². The van der Waals surface area contributed by atoms with Gasteiger partial charge in [0.15, 0.2) is 0 Å². The number of nitrogens with zero attached hydrogens (tertiary/aromatic N) is 1. The van der Waals surface area contributed by atoms with Gasteiger partial charge in [-0.05, 0) is 65.8 Å². The number of carbonyl (C=O) groups excluding carboxylic acids is 1. The van der Waals surface area contributed by atoms with Gasteiger partial charge in [-0.25, -0.2) is 4.79 Å². The molecule has 128 valence electrons. The van der Waals surface area contributed by atoms with Gasteiger partial charge in [-0.2, -0.15) is 0 Å². The Labute approximate surface area is 134 Å². The number of amides is 1. The van der Waals surface area contributed by atoms with Crippen LogP contribution < -0.4 is 5.32 Å². The summed E-state index contributed by atoms with van der Waals surface area (Å²) in [6, 6.07) is 0.892. The molecule has 2 heterocycles. The average molecular weight is 312 g/mol. The minimum Gasteiger partial charge on any atom is -0.444 e. The predicted octanol–water partition coefficient (Wildman–Crippen LogP) is 2.93. The highest BCUT2D eigenvalue weighted by Crippen LogP contribution is 2.23. The summed E-state index contributed by atoms with van der Waals surface area (Å²) < 4.78 is 11.0. The van der Waals surface area contributed by atoms with Crippen molar-refractivity contribution < 1.29 is 14.3 Å². The van der Waals surface area contributed by atoms with Crippen molar-refractivity contribution >= 4 is 6.09 Å². The Balaban J connectivity index is 1.72. The fraction of sp³-hybridized carbons (Fsp3) is 0.941. The van der Waals surface area contributed by atoms with E-state index in [1.807, 2.05) is 25.7 Å². The monoisotopic (exact) mass is 312 g/mol. The Kier molecular flexibility index (Phi) is 6.50. The fourth-order valence-corrected chi connectivity index (χ4v) is 3.26. The van der Waals surface area contributed by atoms with Crippen molar-refractivity contribution in [1.82, 2.24) is 10.2 Å². The minimum atomic E-state index is -0.414. The Hall–Kier alpha value is -0.810. The molecule has 0 bridgehead atoms. The van der Waals surface area contributed by atoms with Crippen LogP contribution in [0.4, 0.5) is 4.79 Å². The van der Waals surface area contributed by atoms with Crippen LogP contribution in [-0.2, 0) is 9.47 Å². The summed E-state index contributed by atoms with van der Waals surface area (Å²) in [5.41, 5.74) is -0.414. The zero-order valence-corrected chi connectivity index (χ0v) is 14.4. The Morgan fingerprint density at radius 2 is 2.05 bits per heavy atom. The van der Waals surface area contributed by atoms with Gasteiger partial charge in [0.1, 0.15) is 5.60 Å². The van der Waals surface area contributed by atoms with Crippen LogP contribution in [0.1, 0.15) is 59.3 Å². The standard InChI is InChI=1S/C17H32N2O3/c1-17(2,3)22-16(20)19-11-4-7-15(19)8-10-18-14-6-5-12-21-13-9-14/h14-15,18H,4-13H2,1-3H3. The molecule has 2 aliphatic rings. The van der Waals surface area contributed by atoms with E-state index in [0.717, 1.165) is 58.4 Å². The molecule has 2 aliphatic heterocycles. The van der Waals surface area contributed by atoms with Gasteiger partial charge >= 0.3 is 6.09 Å². The van der Waals surface area contributed by atoms with Crippen molar-refractivity contribution in [3.8, 4) is 0 Å². The van der Waals surface area contributed by atoms with Gasteiger partial charge in [0.2, 0.25) is 0 Å². The molecule has 5 nitrogen and oxygen atoms in total. The van der Waals surface area contributed by atoms with Gasteiger partial charge in [-0.3, -0.25) is 0 Å². The molecule has 0 saturated carbocycles. The second kappa shape index (κ2) is 8.16. The number of hydrogen-bond acceptors (Lipinski definition) is 4. The molecule has 2 saturated heterocycles. The summed E-state index contributed by atoms with van der Waals surface area (Å²) in [4.78, 5) is 14.2. The highest BCUT2D eigenvalue weighted by Gasteiger charge is 2.31. The summed E-state index contributed by atoms with van der Waals surface area (Å²) in [5.74, 6) is 0. The van der Waals surface area contributed by atoms with E-state index in [4.69, 9.17) is 9.47 Å². The third-order valence-corrected chi connectivity index (χ3v) is 4.37. The average Bonchev–Trinajstić information content (AvgIpc) is 2.73. The maximum Gasteiger partial charge on any atom is 0.410 e. The molecule has 0 aromatic rings. The lowest BCUT2D eigenvalue weighted by molar-refractivity contribution is 0.0220. The first-order valence-corrected chi connectivity index (χ1v) is 8.76. The Morgan fingerprint density at radius 3 is 2.82 bits per heavy atom. The first-order chi connectivity index (χ1) is 10.5. The topological polar surface area (TPSA) is 50.8 Å². The van der Waals surface area contributed by atoms with Crippen LogP contribution in [-0.4, -0.2) is 55.0 Å². The molecule has 0 radical (unpaired) electrons. The van der Waals surface area contributed by atoms with E-state index in [2.05, 4.69) is 5.32 Å². The number of hydrogen-bond donors (Lipinski definition) is 1. The first-order valence-electron chi connectivity index (χ1n) is 8.76. The summed E-state index contributed by atoms with van der Waals surface area (Å²) in [6.45, 7) is 9.33. The van der Waals surface area contributed by atoms with E-state index >= 15 is 0 Å². The molecule has 0 aliphatic carbocycles. The van der Waals surface area contributed by atoms with Gasteiger partial charge in [0.05, 0.1) is 0 Å². The summed E-state index contributed by atoms with van der Waals surface area (Å²) in [5, 5.41) is 3.64. The summed E-state index contributed by atoms with van der Waals surface area (Å²) in [6.07, 6.45) is 6.47. The third kappa shape index (κ3) is 5.76. The molecule has 2 unspecified atom stereocenters. The van der Waals surface area contributed by atoms with E-state index in [1.165, 1.54) is 6.42 Å². The molecule has 0 aromatic carbocycles. The van der Waals surface area contributed by atoms with Crippen molar-refractivity contribution in [3.63, 3.8) is 0 Å². The van der Waals surface area contributed by atoms with Gasteiger partial charge in [-0.15, -0.1) is 0 Å². The molecule has 1 N–H and O–H groups in total. The first kappa shape index (κ1) is 17.5. The van der Waals surface area contributed by atoms with Crippen molar-refractivity contribution in [2.45, 2.75) is 77.0 Å². The normalized spacial score (nSPS) is 26.8. The Morgan fingerprint density at radius 1 is 1.23 bits per heavy atom. The zero-order chi connectivity index (χ0) is 16.0. The lowest BCUT2D eigenvalue weighted by Gasteiger charge is -2.29. The van der Waals surface area contributed by atoms with E-state index in [-0.39, 0.29) is 6.09 Å². The van der Waals surface area contributed by atoms with E-state index in [0.29, 0.717) is 12.1 Å². The second-order valence-electron chi connectivity index (χ2n) is 7.45. The highest BCUT2D eigenvalue weighted by atomic mass is 16.6. The van der Waals surface area contributed by atoms with Gasteiger partial charge < -0.3 is 19.7 Å². The maximum atomic E-state index is 12.2. The van der Waals surface area contributed by atoms with Gasteiger partial charge in [0, 0.05) is 31.8 Å².